The summed E-state index contributed by atoms with van der Waals surface area (Å²) in [6.07, 6.45) is 3.00. The highest BCUT2D eigenvalue weighted by atomic mass is 35.5. The fraction of sp³-hybridized carbons (Fsp3) is 0.467. The summed E-state index contributed by atoms with van der Waals surface area (Å²) < 4.78 is 0. The summed E-state index contributed by atoms with van der Waals surface area (Å²) in [6, 6.07) is 7.56. The smallest absolute Gasteiger partial charge is 0.329 e. The van der Waals surface area contributed by atoms with Crippen LogP contribution in [-0.2, 0) is 9.59 Å². The van der Waals surface area contributed by atoms with Crippen molar-refractivity contribution in [1.29, 1.82) is 0 Å². The van der Waals surface area contributed by atoms with Gasteiger partial charge in [-0.05, 0) is 55.7 Å². The lowest BCUT2D eigenvalue weighted by Crippen LogP contribution is -2.59. The number of halogens is 1. The monoisotopic (exact) mass is 327 g/mol. The summed E-state index contributed by atoms with van der Waals surface area (Å²) in [6.45, 7) is 0. The van der Waals surface area contributed by atoms with Gasteiger partial charge in [0.25, 0.3) is 0 Å². The van der Waals surface area contributed by atoms with Crippen LogP contribution in [0.2, 0.25) is 5.02 Å². The van der Waals surface area contributed by atoms with Crippen LogP contribution < -0.4 is 5.32 Å². The molecule has 0 spiro atoms. The molecule has 0 atom stereocenters. The molecule has 2 rings (SSSR count). The van der Waals surface area contributed by atoms with Crippen molar-refractivity contribution in [3.8, 4) is 0 Å². The highest BCUT2D eigenvalue weighted by Gasteiger charge is 2.45. The quantitative estimate of drug-likeness (QED) is 0.595. The van der Waals surface area contributed by atoms with Crippen molar-refractivity contribution in [1.82, 2.24) is 5.32 Å². The second-order valence-electron chi connectivity index (χ2n) is 5.19. The van der Waals surface area contributed by atoms with Gasteiger partial charge in [-0.25, -0.2) is 4.79 Å². The number of aliphatic carboxylic acids is 1. The molecular formula is C15H18ClNO3S. The van der Waals surface area contributed by atoms with Gasteiger partial charge in [-0.1, -0.05) is 11.6 Å². The summed E-state index contributed by atoms with van der Waals surface area (Å²) in [5.74, 6) is -0.277. The number of carboxylic acid groups (broad SMARTS) is 1. The Morgan fingerprint density at radius 3 is 2.48 bits per heavy atom. The van der Waals surface area contributed by atoms with E-state index in [9.17, 15) is 9.59 Å². The Bertz CT molecular complexity index is 514. The SMILES string of the molecule is O=C(CCCSc1ccc(Cl)cc1)NC1(C(=O)O)CCC1. The number of hydrogen-bond donors (Lipinski definition) is 2. The van der Waals surface area contributed by atoms with Crippen molar-refractivity contribution in [3.05, 3.63) is 29.3 Å². The Labute approximate surface area is 133 Å². The molecule has 0 bridgehead atoms. The number of nitrogens with one attached hydrogen (secondary N) is 1. The normalized spacial score (nSPS) is 16.0. The second-order valence-corrected chi connectivity index (χ2v) is 6.80. The molecule has 1 aromatic carbocycles. The van der Waals surface area contributed by atoms with Crippen molar-refractivity contribution in [2.45, 2.75) is 42.5 Å². The molecule has 1 saturated carbocycles. The fourth-order valence-corrected chi connectivity index (χ4v) is 3.18. The lowest BCUT2D eigenvalue weighted by molar-refractivity contribution is -0.151. The summed E-state index contributed by atoms with van der Waals surface area (Å²) >= 11 is 7.47. The van der Waals surface area contributed by atoms with Crippen molar-refractivity contribution in [2.75, 3.05) is 5.75 Å². The molecule has 1 aliphatic rings. The van der Waals surface area contributed by atoms with Crippen LogP contribution in [0.25, 0.3) is 0 Å². The van der Waals surface area contributed by atoms with Gasteiger partial charge in [0.15, 0.2) is 0 Å². The first kappa shape index (κ1) is 16.2. The third-order valence-corrected chi connectivity index (χ3v) is 4.98. The van der Waals surface area contributed by atoms with Crippen LogP contribution in [0.1, 0.15) is 32.1 Å². The van der Waals surface area contributed by atoms with Gasteiger partial charge in [0.1, 0.15) is 5.54 Å². The maximum Gasteiger partial charge on any atom is 0.329 e. The molecule has 0 aromatic heterocycles. The third-order valence-electron chi connectivity index (χ3n) is 3.63. The Morgan fingerprint density at radius 1 is 1.29 bits per heavy atom. The Kier molecular flexibility index (Phi) is 5.53. The van der Waals surface area contributed by atoms with Gasteiger partial charge in [0.05, 0.1) is 0 Å². The molecule has 1 aliphatic carbocycles. The molecule has 0 aliphatic heterocycles. The van der Waals surface area contributed by atoms with Crippen LogP contribution in [-0.4, -0.2) is 28.3 Å². The zero-order chi connectivity index (χ0) is 15.3. The minimum Gasteiger partial charge on any atom is -0.480 e. The Hall–Kier alpha value is -1.20. The fourth-order valence-electron chi connectivity index (χ4n) is 2.21. The Balaban J connectivity index is 1.67. The van der Waals surface area contributed by atoms with E-state index in [-0.39, 0.29) is 5.91 Å². The lowest BCUT2D eigenvalue weighted by Gasteiger charge is -2.38. The number of hydrogen-bond acceptors (Lipinski definition) is 3. The number of carboxylic acids is 1. The predicted molar refractivity (Wildman–Crippen MR) is 83.8 cm³/mol. The van der Waals surface area contributed by atoms with Crippen molar-refractivity contribution in [3.63, 3.8) is 0 Å². The van der Waals surface area contributed by atoms with Gasteiger partial charge in [-0.15, -0.1) is 11.8 Å². The second kappa shape index (κ2) is 7.18. The summed E-state index contributed by atoms with van der Waals surface area (Å²) in [5.41, 5.74) is -1.000. The summed E-state index contributed by atoms with van der Waals surface area (Å²) in [4.78, 5) is 24.1. The molecule has 4 nitrogen and oxygen atoms in total. The highest BCUT2D eigenvalue weighted by molar-refractivity contribution is 7.99. The molecule has 0 unspecified atom stereocenters. The van der Waals surface area contributed by atoms with Crippen LogP contribution in [0.15, 0.2) is 29.2 Å². The van der Waals surface area contributed by atoms with E-state index in [4.69, 9.17) is 16.7 Å². The van der Waals surface area contributed by atoms with Gasteiger partial charge in [-0.2, -0.15) is 0 Å². The van der Waals surface area contributed by atoms with Gasteiger partial charge in [0.2, 0.25) is 5.91 Å². The first-order valence-electron chi connectivity index (χ1n) is 6.95. The van der Waals surface area contributed by atoms with Crippen LogP contribution in [0.3, 0.4) is 0 Å². The van der Waals surface area contributed by atoms with Gasteiger partial charge < -0.3 is 10.4 Å². The van der Waals surface area contributed by atoms with Crippen LogP contribution in [0.4, 0.5) is 0 Å². The molecule has 114 valence electrons. The highest BCUT2D eigenvalue weighted by Crippen LogP contribution is 2.32. The molecule has 0 radical (unpaired) electrons. The molecule has 0 heterocycles. The zero-order valence-corrected chi connectivity index (χ0v) is 13.2. The van der Waals surface area contributed by atoms with Crippen molar-refractivity contribution in [2.24, 2.45) is 0 Å². The van der Waals surface area contributed by atoms with Gasteiger partial charge in [-0.3, -0.25) is 4.79 Å². The minimum atomic E-state index is -1.000. The number of thioether (sulfide) groups is 1. The van der Waals surface area contributed by atoms with E-state index in [1.165, 1.54) is 0 Å². The number of benzene rings is 1. The van der Waals surface area contributed by atoms with Gasteiger partial charge in [0, 0.05) is 16.3 Å². The molecule has 6 heteroatoms. The van der Waals surface area contributed by atoms with Crippen LogP contribution in [0.5, 0.6) is 0 Å². The molecule has 1 fully saturated rings. The largest absolute Gasteiger partial charge is 0.480 e. The molecule has 1 aromatic rings. The maximum atomic E-state index is 11.8. The van der Waals surface area contributed by atoms with E-state index < -0.39 is 11.5 Å². The van der Waals surface area contributed by atoms with E-state index in [2.05, 4.69) is 5.32 Å². The van der Waals surface area contributed by atoms with Crippen molar-refractivity contribution >= 4 is 35.2 Å². The number of carbonyl (C=O) groups excluding carboxylic acids is 1. The topological polar surface area (TPSA) is 66.4 Å². The van der Waals surface area contributed by atoms with E-state index in [1.807, 2.05) is 24.3 Å². The molecular weight excluding hydrogens is 310 g/mol. The third kappa shape index (κ3) is 4.38. The van der Waals surface area contributed by atoms with Crippen molar-refractivity contribution < 1.29 is 14.7 Å². The number of amides is 1. The van der Waals surface area contributed by atoms with E-state index in [0.717, 1.165) is 23.5 Å². The van der Waals surface area contributed by atoms with E-state index in [0.29, 0.717) is 24.3 Å². The lowest BCUT2D eigenvalue weighted by atomic mass is 9.76. The zero-order valence-electron chi connectivity index (χ0n) is 11.6. The molecule has 21 heavy (non-hydrogen) atoms. The molecule has 1 amide bonds. The maximum absolute atomic E-state index is 11.8. The van der Waals surface area contributed by atoms with Gasteiger partial charge >= 0.3 is 5.97 Å². The predicted octanol–water partition coefficient (Wildman–Crippen LogP) is 3.34. The number of rotatable bonds is 7. The summed E-state index contributed by atoms with van der Waals surface area (Å²) in [7, 11) is 0. The average molecular weight is 328 g/mol. The summed E-state index contributed by atoms with van der Waals surface area (Å²) in [5, 5.41) is 12.5. The number of carbonyl (C=O) groups is 2. The molecule has 2 N–H and O–H groups in total. The first-order valence-corrected chi connectivity index (χ1v) is 8.31. The minimum absolute atomic E-state index is 0.172. The van der Waals surface area contributed by atoms with Crippen LogP contribution in [0, 0.1) is 0 Å². The standard InChI is InChI=1S/C15H18ClNO3S/c16-11-4-6-12(7-5-11)21-10-1-3-13(18)17-15(14(19)20)8-2-9-15/h4-7H,1-3,8-10H2,(H,17,18)(H,19,20). The first-order chi connectivity index (χ1) is 10.0. The Morgan fingerprint density at radius 2 is 1.95 bits per heavy atom. The van der Waals surface area contributed by atoms with E-state index >= 15 is 0 Å². The average Bonchev–Trinajstić information content (AvgIpc) is 2.40. The molecule has 0 saturated heterocycles. The van der Waals surface area contributed by atoms with Crippen LogP contribution >= 0.6 is 23.4 Å². The van der Waals surface area contributed by atoms with E-state index in [1.54, 1.807) is 11.8 Å².